The van der Waals surface area contributed by atoms with Crippen LogP contribution in [-0.2, 0) is 6.18 Å². The Morgan fingerprint density at radius 1 is 1.28 bits per heavy atom. The molecule has 0 aliphatic carbocycles. The molecule has 1 amide bonds. The first kappa shape index (κ1) is 15.2. The minimum atomic E-state index is -4.44. The molecular formula is C11H12F3IN2O. The molecule has 1 aromatic carbocycles. The maximum atomic E-state index is 12.6. The third-order valence-electron chi connectivity index (χ3n) is 2.15. The van der Waals surface area contributed by atoms with Crippen LogP contribution in [0.2, 0.25) is 0 Å². The summed E-state index contributed by atoms with van der Waals surface area (Å²) >= 11 is 1.76. The first-order valence-electron chi connectivity index (χ1n) is 5.15. The second-order valence-corrected chi connectivity index (χ2v) is 4.83. The van der Waals surface area contributed by atoms with Crippen molar-refractivity contribution in [2.24, 2.45) is 0 Å². The van der Waals surface area contributed by atoms with Crippen LogP contribution < -0.4 is 10.6 Å². The summed E-state index contributed by atoms with van der Waals surface area (Å²) in [5.74, 6) is -0.505. The molecule has 18 heavy (non-hydrogen) atoms. The number of carbonyl (C=O) groups is 1. The quantitative estimate of drug-likeness (QED) is 0.629. The van der Waals surface area contributed by atoms with Crippen molar-refractivity contribution in [3.05, 3.63) is 32.9 Å². The van der Waals surface area contributed by atoms with E-state index in [1.807, 2.05) is 0 Å². The maximum absolute atomic E-state index is 12.6. The van der Waals surface area contributed by atoms with Gasteiger partial charge in [-0.3, -0.25) is 4.79 Å². The van der Waals surface area contributed by atoms with Gasteiger partial charge in [0, 0.05) is 22.2 Å². The summed E-state index contributed by atoms with van der Waals surface area (Å²) in [6, 6.07) is 3.28. The predicted molar refractivity (Wildman–Crippen MR) is 70.4 cm³/mol. The lowest BCUT2D eigenvalue weighted by Gasteiger charge is -2.10. The molecule has 0 atom stereocenters. The van der Waals surface area contributed by atoms with Crippen molar-refractivity contribution < 1.29 is 18.0 Å². The van der Waals surface area contributed by atoms with E-state index in [2.05, 4.69) is 10.6 Å². The summed E-state index contributed by atoms with van der Waals surface area (Å²) in [5, 5.41) is 5.36. The van der Waals surface area contributed by atoms with E-state index in [4.69, 9.17) is 0 Å². The normalized spacial score (nSPS) is 11.4. The number of halogens is 4. The fourth-order valence-electron chi connectivity index (χ4n) is 1.29. The summed E-state index contributed by atoms with van der Waals surface area (Å²) in [5.41, 5.74) is -0.793. The van der Waals surface area contributed by atoms with Crippen LogP contribution in [0.5, 0.6) is 0 Å². The van der Waals surface area contributed by atoms with Crippen molar-refractivity contribution in [2.75, 3.05) is 20.1 Å². The van der Waals surface area contributed by atoms with Gasteiger partial charge in [-0.15, -0.1) is 0 Å². The molecule has 0 radical (unpaired) electrons. The SMILES string of the molecule is CNCCNC(=O)c1cc(I)cc(C(F)(F)F)c1. The summed E-state index contributed by atoms with van der Waals surface area (Å²) in [7, 11) is 1.72. The third kappa shape index (κ3) is 4.45. The highest BCUT2D eigenvalue weighted by atomic mass is 127. The van der Waals surface area contributed by atoms with E-state index < -0.39 is 17.6 Å². The Balaban J connectivity index is 2.89. The summed E-state index contributed by atoms with van der Waals surface area (Å²) < 4.78 is 38.1. The number of benzene rings is 1. The highest BCUT2D eigenvalue weighted by Gasteiger charge is 2.31. The molecule has 100 valence electrons. The fourth-order valence-corrected chi connectivity index (χ4v) is 1.96. The molecule has 1 aromatic rings. The molecule has 0 aliphatic heterocycles. The summed E-state index contributed by atoms with van der Waals surface area (Å²) in [6.45, 7) is 0.921. The molecule has 0 fully saturated rings. The number of carbonyl (C=O) groups excluding carboxylic acids is 1. The number of amides is 1. The summed E-state index contributed by atoms with van der Waals surface area (Å²) in [4.78, 5) is 11.6. The van der Waals surface area contributed by atoms with Crippen molar-refractivity contribution in [1.29, 1.82) is 0 Å². The zero-order chi connectivity index (χ0) is 13.8. The van der Waals surface area contributed by atoms with Gasteiger partial charge in [0.2, 0.25) is 0 Å². The minimum absolute atomic E-state index is 0.0188. The Hall–Kier alpha value is -0.830. The lowest BCUT2D eigenvalue weighted by molar-refractivity contribution is -0.137. The standard InChI is InChI=1S/C11H12F3IN2O/c1-16-2-3-17-10(18)7-4-8(11(12,13)14)6-9(15)5-7/h4-6,16H,2-3H2,1H3,(H,17,18). The van der Waals surface area contributed by atoms with Gasteiger partial charge in [-0.05, 0) is 47.8 Å². The van der Waals surface area contributed by atoms with E-state index in [0.29, 0.717) is 16.7 Å². The average molecular weight is 372 g/mol. The second-order valence-electron chi connectivity index (χ2n) is 3.59. The molecule has 7 heteroatoms. The van der Waals surface area contributed by atoms with Gasteiger partial charge in [0.25, 0.3) is 5.91 Å². The number of hydrogen-bond donors (Lipinski definition) is 2. The van der Waals surface area contributed by atoms with Gasteiger partial charge >= 0.3 is 6.18 Å². The molecule has 3 nitrogen and oxygen atoms in total. The fraction of sp³-hybridized carbons (Fsp3) is 0.364. The van der Waals surface area contributed by atoms with E-state index in [-0.39, 0.29) is 5.56 Å². The molecule has 0 bridgehead atoms. The topological polar surface area (TPSA) is 41.1 Å². The van der Waals surface area contributed by atoms with Gasteiger partial charge < -0.3 is 10.6 Å². The molecule has 0 unspecified atom stereocenters. The van der Waals surface area contributed by atoms with Gasteiger partial charge in [-0.25, -0.2) is 0 Å². The Labute approximate surface area is 116 Å². The van der Waals surface area contributed by atoms with Crippen LogP contribution >= 0.6 is 22.6 Å². The smallest absolute Gasteiger partial charge is 0.351 e. The minimum Gasteiger partial charge on any atom is -0.351 e. The van der Waals surface area contributed by atoms with Crippen molar-refractivity contribution in [1.82, 2.24) is 10.6 Å². The van der Waals surface area contributed by atoms with Crippen molar-refractivity contribution in [3.8, 4) is 0 Å². The lowest BCUT2D eigenvalue weighted by Crippen LogP contribution is -2.30. The molecule has 0 aliphatic rings. The molecule has 2 N–H and O–H groups in total. The molecule has 0 saturated carbocycles. The number of alkyl halides is 3. The van der Waals surface area contributed by atoms with E-state index in [1.54, 1.807) is 29.6 Å². The van der Waals surface area contributed by atoms with Gasteiger partial charge in [0.15, 0.2) is 0 Å². The first-order chi connectivity index (χ1) is 8.34. The largest absolute Gasteiger partial charge is 0.416 e. The zero-order valence-corrected chi connectivity index (χ0v) is 11.7. The number of nitrogens with one attached hydrogen (secondary N) is 2. The molecular weight excluding hydrogens is 360 g/mol. The van der Waals surface area contributed by atoms with Crippen molar-refractivity contribution >= 4 is 28.5 Å². The van der Waals surface area contributed by atoms with E-state index in [1.165, 1.54) is 6.07 Å². The summed E-state index contributed by atoms with van der Waals surface area (Å²) in [6.07, 6.45) is -4.44. The average Bonchev–Trinajstić information content (AvgIpc) is 2.27. The Bertz CT molecular complexity index is 435. The predicted octanol–water partition coefficient (Wildman–Crippen LogP) is 2.26. The van der Waals surface area contributed by atoms with E-state index in [9.17, 15) is 18.0 Å². The lowest BCUT2D eigenvalue weighted by atomic mass is 10.1. The highest BCUT2D eigenvalue weighted by molar-refractivity contribution is 14.1. The van der Waals surface area contributed by atoms with Crippen LogP contribution in [0.3, 0.4) is 0 Å². The van der Waals surface area contributed by atoms with Crippen LogP contribution in [0.15, 0.2) is 18.2 Å². The second kappa shape index (κ2) is 6.37. The Morgan fingerprint density at radius 2 is 1.94 bits per heavy atom. The van der Waals surface area contributed by atoms with Crippen LogP contribution in [-0.4, -0.2) is 26.0 Å². The van der Waals surface area contributed by atoms with Crippen LogP contribution in [0.25, 0.3) is 0 Å². The van der Waals surface area contributed by atoms with Crippen LogP contribution in [0.4, 0.5) is 13.2 Å². The van der Waals surface area contributed by atoms with E-state index >= 15 is 0 Å². The molecule has 0 aromatic heterocycles. The van der Waals surface area contributed by atoms with Crippen LogP contribution in [0, 0.1) is 3.57 Å². The molecule has 0 saturated heterocycles. The Morgan fingerprint density at radius 3 is 2.50 bits per heavy atom. The molecule has 1 rings (SSSR count). The highest BCUT2D eigenvalue weighted by Crippen LogP contribution is 2.31. The monoisotopic (exact) mass is 372 g/mol. The van der Waals surface area contributed by atoms with Gasteiger partial charge in [0.1, 0.15) is 0 Å². The van der Waals surface area contributed by atoms with Crippen LogP contribution in [0.1, 0.15) is 15.9 Å². The van der Waals surface area contributed by atoms with Crippen molar-refractivity contribution in [3.63, 3.8) is 0 Å². The number of rotatable bonds is 4. The Kier molecular flexibility index (Phi) is 5.39. The number of hydrogen-bond acceptors (Lipinski definition) is 2. The number of likely N-dealkylation sites (N-methyl/N-ethyl adjacent to an activating group) is 1. The van der Waals surface area contributed by atoms with Gasteiger partial charge in [0.05, 0.1) is 5.56 Å². The van der Waals surface area contributed by atoms with Crippen molar-refractivity contribution in [2.45, 2.75) is 6.18 Å². The zero-order valence-electron chi connectivity index (χ0n) is 9.57. The van der Waals surface area contributed by atoms with Gasteiger partial charge in [-0.2, -0.15) is 13.2 Å². The van der Waals surface area contributed by atoms with Gasteiger partial charge in [-0.1, -0.05) is 0 Å². The first-order valence-corrected chi connectivity index (χ1v) is 6.23. The third-order valence-corrected chi connectivity index (χ3v) is 2.77. The molecule has 0 spiro atoms. The van der Waals surface area contributed by atoms with E-state index in [0.717, 1.165) is 12.1 Å². The maximum Gasteiger partial charge on any atom is 0.416 e. The molecule has 0 heterocycles.